The number of ether oxygens (including phenoxy) is 1. The van der Waals surface area contributed by atoms with E-state index in [4.69, 9.17) is 5.84 Å². The molecule has 9 heteroatoms. The van der Waals surface area contributed by atoms with Crippen LogP contribution in [0.2, 0.25) is 0 Å². The van der Waals surface area contributed by atoms with E-state index in [1.807, 2.05) is 5.43 Å². The lowest BCUT2D eigenvalue weighted by atomic mass is 10.3. The Bertz CT molecular complexity index is 385. The van der Waals surface area contributed by atoms with Gasteiger partial charge in [-0.1, -0.05) is 6.07 Å². The largest absolute Gasteiger partial charge is 0.446 e. The van der Waals surface area contributed by atoms with Crippen molar-refractivity contribution in [3.8, 4) is 5.75 Å². The zero-order chi connectivity index (χ0) is 13.1. The van der Waals surface area contributed by atoms with E-state index in [9.17, 15) is 22.0 Å². The van der Waals surface area contributed by atoms with Crippen LogP contribution in [0, 0.1) is 0 Å². The number of hydrazine groups is 1. The molecule has 0 aliphatic rings. The summed E-state index contributed by atoms with van der Waals surface area (Å²) in [5, 5.41) is 0. The Morgan fingerprint density at radius 3 is 2.41 bits per heavy atom. The molecule has 0 unspecified atom stereocenters. The minimum absolute atomic E-state index is 0.338. The van der Waals surface area contributed by atoms with Crippen molar-refractivity contribution in [1.82, 2.24) is 0 Å². The molecule has 0 atom stereocenters. The average Bonchev–Trinajstić information content (AvgIpc) is 2.14. The smallest absolute Gasteiger partial charge is 0.433 e. The van der Waals surface area contributed by atoms with Crippen LogP contribution in [0.4, 0.5) is 27.6 Å². The first-order valence-corrected chi connectivity index (χ1v) is 4.95. The Kier molecular flexibility index (Phi) is 4.40. The van der Waals surface area contributed by atoms with Gasteiger partial charge in [0.05, 0.1) is 0 Å². The normalized spacial score (nSPS) is 11.7. The molecule has 0 spiro atoms. The van der Waals surface area contributed by atoms with Crippen LogP contribution in [0.3, 0.4) is 0 Å². The summed E-state index contributed by atoms with van der Waals surface area (Å²) in [5.74, 6) is 4.54. The van der Waals surface area contributed by atoms with Crippen LogP contribution in [0.15, 0.2) is 23.1 Å². The van der Waals surface area contributed by atoms with Crippen molar-refractivity contribution in [2.75, 3.05) is 5.43 Å². The summed E-state index contributed by atoms with van der Waals surface area (Å²) in [6, 6.07) is 3.33. The summed E-state index contributed by atoms with van der Waals surface area (Å²) in [6.45, 7) is -3.15. The van der Waals surface area contributed by atoms with Crippen molar-refractivity contribution in [2.24, 2.45) is 5.84 Å². The lowest BCUT2D eigenvalue weighted by Crippen LogP contribution is -2.13. The second-order valence-corrected chi connectivity index (χ2v) is 3.81. The number of nitrogens with one attached hydrogen (secondary N) is 1. The topological polar surface area (TPSA) is 47.3 Å². The van der Waals surface area contributed by atoms with E-state index < -0.39 is 29.6 Å². The molecule has 0 bridgehead atoms. The number of hydrogen-bond donors (Lipinski definition) is 2. The van der Waals surface area contributed by atoms with Crippen LogP contribution in [-0.4, -0.2) is 12.1 Å². The predicted octanol–water partition coefficient (Wildman–Crippen LogP) is 3.19. The minimum Gasteiger partial charge on any atom is -0.433 e. The molecule has 1 rings (SSSR count). The van der Waals surface area contributed by atoms with E-state index in [0.717, 1.165) is 18.2 Å². The van der Waals surface area contributed by atoms with Crippen molar-refractivity contribution >= 4 is 17.4 Å². The Labute approximate surface area is 97.1 Å². The lowest BCUT2D eigenvalue weighted by molar-refractivity contribution is -0.0494. The quantitative estimate of drug-likeness (QED) is 0.383. The summed E-state index contributed by atoms with van der Waals surface area (Å²) >= 11 is -0.474. The standard InChI is InChI=1S/C8H7F5N2OS/c9-7(10)16-4-2-1-3-5(6(4)15-14)17-8(11,12)13/h1-3,7,15H,14H2. The Balaban J connectivity index is 3.05. The number of benzene rings is 1. The maximum atomic E-state index is 12.2. The van der Waals surface area contributed by atoms with Gasteiger partial charge < -0.3 is 10.2 Å². The molecule has 0 aromatic heterocycles. The number of rotatable bonds is 4. The Morgan fingerprint density at radius 2 is 1.94 bits per heavy atom. The van der Waals surface area contributed by atoms with Gasteiger partial charge in [0.2, 0.25) is 0 Å². The highest BCUT2D eigenvalue weighted by molar-refractivity contribution is 8.00. The number of thioether (sulfide) groups is 1. The summed E-state index contributed by atoms with van der Waals surface area (Å²) in [6.07, 6.45) is 0. The van der Waals surface area contributed by atoms with Crippen molar-refractivity contribution < 1.29 is 26.7 Å². The highest BCUT2D eigenvalue weighted by Gasteiger charge is 2.31. The molecule has 3 N–H and O–H groups in total. The van der Waals surface area contributed by atoms with Gasteiger partial charge in [0.15, 0.2) is 5.75 Å². The van der Waals surface area contributed by atoms with Crippen LogP contribution in [-0.2, 0) is 0 Å². The molecule has 0 fully saturated rings. The number of nitrogens with two attached hydrogens (primary N) is 1. The Hall–Kier alpha value is -1.22. The number of anilines is 1. The summed E-state index contributed by atoms with van der Waals surface area (Å²) < 4.78 is 64.5. The molecule has 96 valence electrons. The number of para-hydroxylation sites is 1. The zero-order valence-corrected chi connectivity index (χ0v) is 8.91. The van der Waals surface area contributed by atoms with Crippen LogP contribution in [0.5, 0.6) is 5.75 Å². The molecule has 17 heavy (non-hydrogen) atoms. The number of alkyl halides is 5. The molecule has 3 nitrogen and oxygen atoms in total. The van der Waals surface area contributed by atoms with E-state index >= 15 is 0 Å². The first-order valence-electron chi connectivity index (χ1n) is 4.13. The average molecular weight is 274 g/mol. The molecule has 0 heterocycles. The fraction of sp³-hybridized carbons (Fsp3) is 0.250. The second-order valence-electron chi connectivity index (χ2n) is 2.70. The zero-order valence-electron chi connectivity index (χ0n) is 8.09. The fourth-order valence-electron chi connectivity index (χ4n) is 1.06. The van der Waals surface area contributed by atoms with Crippen molar-refractivity contribution in [2.45, 2.75) is 17.0 Å². The van der Waals surface area contributed by atoms with Crippen molar-refractivity contribution in [3.63, 3.8) is 0 Å². The van der Waals surface area contributed by atoms with Crippen LogP contribution >= 0.6 is 11.8 Å². The third-order valence-corrected chi connectivity index (χ3v) is 2.37. The Morgan fingerprint density at radius 1 is 1.29 bits per heavy atom. The van der Waals surface area contributed by atoms with E-state index in [1.165, 1.54) is 0 Å². The SMILES string of the molecule is NNc1c(OC(F)F)cccc1SC(F)(F)F. The van der Waals surface area contributed by atoms with Gasteiger partial charge in [-0.2, -0.15) is 22.0 Å². The maximum absolute atomic E-state index is 12.2. The molecule has 0 saturated heterocycles. The second kappa shape index (κ2) is 5.41. The molecular formula is C8H7F5N2OS. The van der Waals surface area contributed by atoms with Crippen molar-refractivity contribution in [3.05, 3.63) is 18.2 Å². The minimum atomic E-state index is -4.55. The number of halogens is 5. The number of nitrogen functional groups attached to an aromatic ring is 1. The first kappa shape index (κ1) is 13.8. The third-order valence-electron chi connectivity index (χ3n) is 1.57. The highest BCUT2D eigenvalue weighted by atomic mass is 32.2. The van der Waals surface area contributed by atoms with Gasteiger partial charge in [0.25, 0.3) is 0 Å². The molecule has 1 aromatic carbocycles. The molecular weight excluding hydrogens is 267 g/mol. The van der Waals surface area contributed by atoms with Gasteiger partial charge in [-0.3, -0.25) is 5.84 Å². The maximum Gasteiger partial charge on any atom is 0.446 e. The fourth-order valence-corrected chi connectivity index (χ4v) is 1.71. The summed E-state index contributed by atoms with van der Waals surface area (Å²) in [4.78, 5) is -0.349. The van der Waals surface area contributed by atoms with Gasteiger partial charge >= 0.3 is 12.1 Å². The summed E-state index contributed by atoms with van der Waals surface area (Å²) in [7, 11) is 0. The van der Waals surface area contributed by atoms with Gasteiger partial charge in [-0.05, 0) is 23.9 Å². The molecule has 0 radical (unpaired) electrons. The number of hydrogen-bond acceptors (Lipinski definition) is 4. The van der Waals surface area contributed by atoms with E-state index in [-0.39, 0.29) is 10.6 Å². The predicted molar refractivity (Wildman–Crippen MR) is 52.8 cm³/mol. The lowest BCUT2D eigenvalue weighted by Gasteiger charge is -2.14. The molecule has 0 amide bonds. The van der Waals surface area contributed by atoms with Crippen LogP contribution in [0.1, 0.15) is 0 Å². The van der Waals surface area contributed by atoms with E-state index in [1.54, 1.807) is 0 Å². The summed E-state index contributed by atoms with van der Waals surface area (Å²) in [5.41, 5.74) is -2.97. The van der Waals surface area contributed by atoms with E-state index in [2.05, 4.69) is 4.74 Å². The first-order chi connectivity index (χ1) is 7.83. The monoisotopic (exact) mass is 274 g/mol. The van der Waals surface area contributed by atoms with Gasteiger partial charge in [0, 0.05) is 4.90 Å². The molecule has 0 aliphatic heterocycles. The van der Waals surface area contributed by atoms with Crippen LogP contribution in [0.25, 0.3) is 0 Å². The molecule has 0 saturated carbocycles. The highest BCUT2D eigenvalue weighted by Crippen LogP contribution is 2.43. The van der Waals surface area contributed by atoms with Gasteiger partial charge in [-0.15, -0.1) is 0 Å². The van der Waals surface area contributed by atoms with Gasteiger partial charge in [0.1, 0.15) is 5.69 Å². The van der Waals surface area contributed by atoms with Gasteiger partial charge in [-0.25, -0.2) is 0 Å². The van der Waals surface area contributed by atoms with Crippen LogP contribution < -0.4 is 16.0 Å². The van der Waals surface area contributed by atoms with E-state index in [0.29, 0.717) is 0 Å². The molecule has 1 aromatic rings. The molecule has 0 aliphatic carbocycles. The van der Waals surface area contributed by atoms with Crippen molar-refractivity contribution in [1.29, 1.82) is 0 Å². The third kappa shape index (κ3) is 4.27.